The van der Waals surface area contributed by atoms with Gasteiger partial charge in [-0.15, -0.1) is 0 Å². The molecule has 0 saturated heterocycles. The Balaban J connectivity index is 1.80. The first kappa shape index (κ1) is 15.9. The van der Waals surface area contributed by atoms with E-state index in [1.54, 1.807) is 0 Å². The molecule has 0 radical (unpaired) electrons. The third kappa shape index (κ3) is 2.39. The molecule has 3 nitrogen and oxygen atoms in total. The van der Waals surface area contributed by atoms with Crippen LogP contribution in [0.25, 0.3) is 39.0 Å². The molecule has 27 heavy (non-hydrogen) atoms. The number of para-hydroxylation sites is 2. The lowest BCUT2D eigenvalue weighted by Gasteiger charge is -2.15. The molecular weight excluding hydrogens is 332 g/mol. The maximum atomic E-state index is 6.22. The Hall–Kier alpha value is -3.33. The number of aryl methyl sites for hydroxylation is 3. The molecule has 0 spiro atoms. The Kier molecular flexibility index (Phi) is 3.44. The Morgan fingerprint density at radius 3 is 2.41 bits per heavy atom. The highest BCUT2D eigenvalue weighted by molar-refractivity contribution is 6.09. The van der Waals surface area contributed by atoms with E-state index < -0.39 is 0 Å². The predicted molar refractivity (Wildman–Crippen MR) is 110 cm³/mol. The van der Waals surface area contributed by atoms with Crippen molar-refractivity contribution in [3.63, 3.8) is 0 Å². The van der Waals surface area contributed by atoms with Gasteiger partial charge in [-0.25, -0.2) is 4.98 Å². The van der Waals surface area contributed by atoms with E-state index >= 15 is 0 Å². The van der Waals surface area contributed by atoms with Crippen LogP contribution in [0.4, 0.5) is 0 Å². The smallest absolute Gasteiger partial charge is 0.148 e. The van der Waals surface area contributed by atoms with E-state index in [1.165, 1.54) is 22.4 Å². The molecule has 0 N–H and O–H groups in total. The Bertz CT molecular complexity index is 1280. The third-order valence-corrected chi connectivity index (χ3v) is 5.16. The van der Waals surface area contributed by atoms with Gasteiger partial charge in [-0.3, -0.25) is 4.57 Å². The summed E-state index contributed by atoms with van der Waals surface area (Å²) in [5, 5.41) is 2.25. The molecule has 0 amide bonds. The molecule has 132 valence electrons. The number of aromatic nitrogens is 2. The Morgan fingerprint density at radius 1 is 0.852 bits per heavy atom. The van der Waals surface area contributed by atoms with Gasteiger partial charge in [0.25, 0.3) is 0 Å². The number of benzene rings is 3. The largest absolute Gasteiger partial charge is 0.455 e. The normalized spacial score (nSPS) is 11.5. The van der Waals surface area contributed by atoms with Crippen LogP contribution in [0.5, 0.6) is 0 Å². The Labute approximate surface area is 157 Å². The molecule has 0 saturated carbocycles. The number of furan rings is 1. The zero-order valence-electron chi connectivity index (χ0n) is 15.7. The molecule has 3 aromatic carbocycles. The van der Waals surface area contributed by atoms with Crippen molar-refractivity contribution in [2.24, 2.45) is 0 Å². The number of hydrogen-bond acceptors (Lipinski definition) is 2. The second kappa shape index (κ2) is 5.85. The fraction of sp³-hybridized carbons (Fsp3) is 0.125. The van der Waals surface area contributed by atoms with Gasteiger partial charge < -0.3 is 4.42 Å². The molecule has 0 aliphatic rings. The molecule has 0 fully saturated rings. The molecule has 2 heterocycles. The van der Waals surface area contributed by atoms with E-state index in [4.69, 9.17) is 9.40 Å². The van der Waals surface area contributed by atoms with Crippen LogP contribution < -0.4 is 0 Å². The highest BCUT2D eigenvalue weighted by Crippen LogP contribution is 2.36. The summed E-state index contributed by atoms with van der Waals surface area (Å²) in [6, 6.07) is 18.9. The highest BCUT2D eigenvalue weighted by Gasteiger charge is 2.17. The highest BCUT2D eigenvalue weighted by atomic mass is 16.3. The average Bonchev–Trinajstić information content (AvgIpc) is 3.25. The molecule has 0 bridgehead atoms. The summed E-state index contributed by atoms with van der Waals surface area (Å²) in [5.41, 5.74) is 7.73. The minimum atomic E-state index is 0.883. The number of nitrogens with zero attached hydrogens (tertiary/aromatic N) is 2. The van der Waals surface area contributed by atoms with Crippen molar-refractivity contribution >= 4 is 21.9 Å². The van der Waals surface area contributed by atoms with E-state index in [2.05, 4.69) is 61.7 Å². The van der Waals surface area contributed by atoms with Crippen molar-refractivity contribution < 1.29 is 4.42 Å². The second-order valence-electron chi connectivity index (χ2n) is 7.15. The lowest BCUT2D eigenvalue weighted by atomic mass is 10.0. The van der Waals surface area contributed by atoms with Crippen LogP contribution in [0, 0.1) is 20.8 Å². The lowest BCUT2D eigenvalue weighted by molar-refractivity contribution is 0.669. The minimum absolute atomic E-state index is 0.883. The average molecular weight is 352 g/mol. The van der Waals surface area contributed by atoms with Gasteiger partial charge in [0.05, 0.1) is 11.3 Å². The monoisotopic (exact) mass is 352 g/mol. The summed E-state index contributed by atoms with van der Waals surface area (Å²) in [6.07, 6.45) is 3.89. The predicted octanol–water partition coefficient (Wildman–Crippen LogP) is 6.36. The van der Waals surface area contributed by atoms with Crippen LogP contribution in [0.15, 0.2) is 71.4 Å². The van der Waals surface area contributed by atoms with Gasteiger partial charge in [-0.1, -0.05) is 48.0 Å². The first-order chi connectivity index (χ1) is 13.1. The van der Waals surface area contributed by atoms with E-state index in [1.807, 2.05) is 30.6 Å². The second-order valence-corrected chi connectivity index (χ2v) is 7.15. The molecule has 0 aliphatic carbocycles. The fourth-order valence-corrected chi connectivity index (χ4v) is 4.16. The van der Waals surface area contributed by atoms with Gasteiger partial charge in [0.2, 0.25) is 0 Å². The van der Waals surface area contributed by atoms with Crippen LogP contribution in [0.3, 0.4) is 0 Å². The summed E-state index contributed by atoms with van der Waals surface area (Å²) < 4.78 is 8.40. The molecular formula is C24H20N2O. The topological polar surface area (TPSA) is 31.0 Å². The quantitative estimate of drug-likeness (QED) is 0.370. The molecule has 5 rings (SSSR count). The summed E-state index contributed by atoms with van der Waals surface area (Å²) in [7, 11) is 0. The fourth-order valence-electron chi connectivity index (χ4n) is 4.16. The van der Waals surface area contributed by atoms with E-state index in [-0.39, 0.29) is 0 Å². The molecule has 0 aliphatic heterocycles. The summed E-state index contributed by atoms with van der Waals surface area (Å²) in [4.78, 5) is 4.69. The van der Waals surface area contributed by atoms with E-state index in [0.717, 1.165) is 33.3 Å². The van der Waals surface area contributed by atoms with Crippen molar-refractivity contribution in [1.29, 1.82) is 0 Å². The van der Waals surface area contributed by atoms with Gasteiger partial charge in [-0.2, -0.15) is 0 Å². The maximum Gasteiger partial charge on any atom is 0.148 e. The van der Waals surface area contributed by atoms with Gasteiger partial charge in [0, 0.05) is 23.2 Å². The van der Waals surface area contributed by atoms with Crippen molar-refractivity contribution in [1.82, 2.24) is 9.55 Å². The van der Waals surface area contributed by atoms with Crippen molar-refractivity contribution in [2.75, 3.05) is 0 Å². The SMILES string of the molecule is Cc1cc(C)c(-n2ccnc2-c2cccc3c2oc2ccccc23)c(C)c1. The zero-order valence-corrected chi connectivity index (χ0v) is 15.7. The number of fused-ring (bicyclic) bond motifs is 3. The lowest BCUT2D eigenvalue weighted by Crippen LogP contribution is -2.02. The first-order valence-corrected chi connectivity index (χ1v) is 9.15. The van der Waals surface area contributed by atoms with Crippen molar-refractivity contribution in [2.45, 2.75) is 20.8 Å². The van der Waals surface area contributed by atoms with Crippen LogP contribution >= 0.6 is 0 Å². The van der Waals surface area contributed by atoms with Gasteiger partial charge in [0.1, 0.15) is 17.0 Å². The molecule has 0 atom stereocenters. The summed E-state index contributed by atoms with van der Waals surface area (Å²) in [6.45, 7) is 6.44. The van der Waals surface area contributed by atoms with Crippen molar-refractivity contribution in [3.8, 4) is 17.1 Å². The van der Waals surface area contributed by atoms with Crippen LogP contribution in [-0.2, 0) is 0 Å². The molecule has 2 aromatic heterocycles. The summed E-state index contributed by atoms with van der Waals surface area (Å²) >= 11 is 0. The number of hydrogen-bond donors (Lipinski definition) is 0. The maximum absolute atomic E-state index is 6.22. The zero-order chi connectivity index (χ0) is 18.5. The van der Waals surface area contributed by atoms with Gasteiger partial charge in [0.15, 0.2) is 0 Å². The van der Waals surface area contributed by atoms with Crippen LogP contribution in [-0.4, -0.2) is 9.55 Å². The Morgan fingerprint density at radius 2 is 1.59 bits per heavy atom. The summed E-state index contributed by atoms with van der Waals surface area (Å²) in [5.74, 6) is 0.898. The van der Waals surface area contributed by atoms with Gasteiger partial charge >= 0.3 is 0 Å². The van der Waals surface area contributed by atoms with Crippen molar-refractivity contribution in [3.05, 3.63) is 83.7 Å². The molecule has 5 aromatic rings. The van der Waals surface area contributed by atoms with E-state index in [9.17, 15) is 0 Å². The number of rotatable bonds is 2. The first-order valence-electron chi connectivity index (χ1n) is 9.15. The molecule has 3 heteroatoms. The van der Waals surface area contributed by atoms with E-state index in [0.29, 0.717) is 0 Å². The standard InChI is InChI=1S/C24H20N2O/c1-15-13-16(2)22(17(3)14-15)26-12-11-25-24(26)20-9-6-8-19-18-7-4-5-10-21(18)27-23(19)20/h4-14H,1-3H3. The molecule has 0 unspecified atom stereocenters. The van der Waals surface area contributed by atoms with Crippen LogP contribution in [0.1, 0.15) is 16.7 Å². The number of imidazole rings is 1. The van der Waals surface area contributed by atoms with Crippen LogP contribution in [0.2, 0.25) is 0 Å². The third-order valence-electron chi connectivity index (χ3n) is 5.16. The van der Waals surface area contributed by atoms with Gasteiger partial charge in [-0.05, 0) is 44.0 Å². The minimum Gasteiger partial charge on any atom is -0.455 e.